The van der Waals surface area contributed by atoms with Crippen LogP contribution in [0, 0.1) is 5.82 Å². The van der Waals surface area contributed by atoms with Crippen LogP contribution in [0.3, 0.4) is 0 Å². The lowest BCUT2D eigenvalue weighted by atomic mass is 10.1. The number of rotatable bonds is 3. The molecule has 0 aliphatic carbocycles. The van der Waals surface area contributed by atoms with Crippen LogP contribution < -0.4 is 4.74 Å². The molecule has 0 aliphatic heterocycles. The van der Waals surface area contributed by atoms with E-state index in [-0.39, 0.29) is 12.6 Å². The standard InChI is InChI=1S/C9H4F4O3/c10-8-2-6(16-9(11,12)13)1-5(3-14)7(8)4-15/h1-4H. The van der Waals surface area contributed by atoms with E-state index in [9.17, 15) is 27.2 Å². The van der Waals surface area contributed by atoms with Crippen molar-refractivity contribution in [3.8, 4) is 5.75 Å². The summed E-state index contributed by atoms with van der Waals surface area (Å²) in [6.07, 6.45) is -4.89. The van der Waals surface area contributed by atoms with Crippen molar-refractivity contribution in [2.75, 3.05) is 0 Å². The number of benzene rings is 1. The van der Waals surface area contributed by atoms with Gasteiger partial charge in [0.2, 0.25) is 0 Å². The van der Waals surface area contributed by atoms with Crippen LogP contribution in [0.15, 0.2) is 12.1 Å². The van der Waals surface area contributed by atoms with E-state index in [0.29, 0.717) is 12.1 Å². The van der Waals surface area contributed by atoms with Crippen LogP contribution >= 0.6 is 0 Å². The second-order valence-electron chi connectivity index (χ2n) is 2.69. The molecule has 3 nitrogen and oxygen atoms in total. The number of carbonyl (C=O) groups is 2. The topological polar surface area (TPSA) is 43.4 Å². The lowest BCUT2D eigenvalue weighted by Gasteiger charge is -2.10. The predicted octanol–water partition coefficient (Wildman–Crippen LogP) is 2.35. The lowest BCUT2D eigenvalue weighted by Crippen LogP contribution is -2.17. The van der Waals surface area contributed by atoms with Crippen LogP contribution in [0.25, 0.3) is 0 Å². The van der Waals surface area contributed by atoms with Gasteiger partial charge in [0.15, 0.2) is 12.6 Å². The van der Waals surface area contributed by atoms with Gasteiger partial charge in [-0.05, 0) is 6.07 Å². The van der Waals surface area contributed by atoms with Crippen molar-refractivity contribution < 1.29 is 31.9 Å². The summed E-state index contributed by atoms with van der Waals surface area (Å²) in [5.41, 5.74) is -1.11. The van der Waals surface area contributed by atoms with Crippen LogP contribution in [-0.4, -0.2) is 18.9 Å². The summed E-state index contributed by atoms with van der Waals surface area (Å²) >= 11 is 0. The highest BCUT2D eigenvalue weighted by atomic mass is 19.4. The normalized spacial score (nSPS) is 11.0. The smallest absolute Gasteiger partial charge is 0.406 e. The maximum atomic E-state index is 13.0. The molecule has 1 aromatic carbocycles. The van der Waals surface area contributed by atoms with Gasteiger partial charge in [-0.15, -0.1) is 13.2 Å². The van der Waals surface area contributed by atoms with Crippen LogP contribution in [0.4, 0.5) is 17.6 Å². The highest BCUT2D eigenvalue weighted by Gasteiger charge is 2.31. The van der Waals surface area contributed by atoms with Gasteiger partial charge in [-0.1, -0.05) is 0 Å². The highest BCUT2D eigenvalue weighted by Crippen LogP contribution is 2.25. The third-order valence-corrected chi connectivity index (χ3v) is 1.61. The van der Waals surface area contributed by atoms with E-state index in [0.717, 1.165) is 0 Å². The maximum Gasteiger partial charge on any atom is 0.573 e. The molecule has 0 amide bonds. The largest absolute Gasteiger partial charge is 0.573 e. The van der Waals surface area contributed by atoms with Gasteiger partial charge in [0, 0.05) is 11.6 Å². The third-order valence-electron chi connectivity index (χ3n) is 1.61. The average Bonchev–Trinajstić information content (AvgIpc) is 2.14. The van der Waals surface area contributed by atoms with Crippen LogP contribution in [0.5, 0.6) is 5.75 Å². The summed E-state index contributed by atoms with van der Waals surface area (Å²) < 4.78 is 51.8. The van der Waals surface area contributed by atoms with Gasteiger partial charge in [0.05, 0.1) is 5.56 Å². The van der Waals surface area contributed by atoms with Crippen LogP contribution in [0.2, 0.25) is 0 Å². The summed E-state index contributed by atoms with van der Waals surface area (Å²) in [6.45, 7) is 0. The summed E-state index contributed by atoms with van der Waals surface area (Å²) in [6, 6.07) is 1.01. The van der Waals surface area contributed by atoms with Crippen molar-refractivity contribution in [2.24, 2.45) is 0 Å². The van der Waals surface area contributed by atoms with E-state index in [1.807, 2.05) is 0 Å². The van der Waals surface area contributed by atoms with Gasteiger partial charge in [-0.3, -0.25) is 9.59 Å². The average molecular weight is 236 g/mol. The van der Waals surface area contributed by atoms with Gasteiger partial charge >= 0.3 is 6.36 Å². The molecule has 1 aromatic rings. The molecule has 0 atom stereocenters. The number of halogens is 4. The van der Waals surface area contributed by atoms with E-state index in [1.165, 1.54) is 0 Å². The fourth-order valence-electron chi connectivity index (χ4n) is 1.03. The Morgan fingerprint density at radius 2 is 1.75 bits per heavy atom. The molecule has 0 aromatic heterocycles. The Kier molecular flexibility index (Phi) is 3.26. The molecule has 0 N–H and O–H groups in total. The number of ether oxygens (including phenoxy) is 1. The molecule has 1 rings (SSSR count). The van der Waals surface area contributed by atoms with Gasteiger partial charge in [-0.25, -0.2) is 4.39 Å². The summed E-state index contributed by atoms with van der Waals surface area (Å²) in [5.74, 6) is -2.14. The first-order chi connectivity index (χ1) is 7.37. The number of aldehydes is 2. The van der Waals surface area contributed by atoms with Crippen LogP contribution in [-0.2, 0) is 0 Å². The minimum absolute atomic E-state index is 0.0381. The summed E-state index contributed by atoms with van der Waals surface area (Å²) in [7, 11) is 0. The minimum Gasteiger partial charge on any atom is -0.406 e. The fourth-order valence-corrected chi connectivity index (χ4v) is 1.03. The van der Waals surface area contributed by atoms with Crippen molar-refractivity contribution in [1.29, 1.82) is 0 Å². The molecule has 0 heterocycles. The van der Waals surface area contributed by atoms with Crippen molar-refractivity contribution in [2.45, 2.75) is 6.36 Å². The Hall–Kier alpha value is -1.92. The summed E-state index contributed by atoms with van der Waals surface area (Å²) in [5, 5.41) is 0. The quantitative estimate of drug-likeness (QED) is 0.597. The van der Waals surface area contributed by atoms with E-state index in [2.05, 4.69) is 4.74 Å². The molecule has 0 unspecified atom stereocenters. The van der Waals surface area contributed by atoms with E-state index < -0.39 is 29.1 Å². The molecule has 7 heteroatoms. The Morgan fingerprint density at radius 1 is 1.12 bits per heavy atom. The number of alkyl halides is 3. The molecule has 0 bridgehead atoms. The molecule has 0 saturated heterocycles. The lowest BCUT2D eigenvalue weighted by molar-refractivity contribution is -0.274. The third kappa shape index (κ3) is 2.78. The van der Waals surface area contributed by atoms with Gasteiger partial charge in [0.25, 0.3) is 0 Å². The molecule has 86 valence electrons. The molecule has 0 saturated carbocycles. The second kappa shape index (κ2) is 4.30. The van der Waals surface area contributed by atoms with Crippen LogP contribution in [0.1, 0.15) is 20.7 Å². The first-order valence-corrected chi connectivity index (χ1v) is 3.87. The fraction of sp³-hybridized carbons (Fsp3) is 0.111. The number of hydrogen-bond donors (Lipinski definition) is 0. The molecular weight excluding hydrogens is 232 g/mol. The Balaban J connectivity index is 3.20. The van der Waals surface area contributed by atoms with Crippen molar-refractivity contribution in [3.63, 3.8) is 0 Å². The summed E-state index contributed by atoms with van der Waals surface area (Å²) in [4.78, 5) is 20.7. The number of hydrogen-bond acceptors (Lipinski definition) is 3. The zero-order valence-electron chi connectivity index (χ0n) is 7.55. The Morgan fingerprint density at radius 3 is 2.19 bits per heavy atom. The second-order valence-corrected chi connectivity index (χ2v) is 2.69. The first kappa shape index (κ1) is 12.2. The molecule has 16 heavy (non-hydrogen) atoms. The highest BCUT2D eigenvalue weighted by molar-refractivity contribution is 5.91. The molecule has 0 fully saturated rings. The van der Waals surface area contributed by atoms with E-state index in [4.69, 9.17) is 0 Å². The molecule has 0 spiro atoms. The SMILES string of the molecule is O=Cc1cc(OC(F)(F)F)cc(F)c1C=O. The van der Waals surface area contributed by atoms with Crippen molar-refractivity contribution >= 4 is 12.6 Å². The molecule has 0 aliphatic rings. The Bertz CT molecular complexity index is 425. The number of carbonyl (C=O) groups excluding carboxylic acids is 2. The van der Waals surface area contributed by atoms with E-state index in [1.54, 1.807) is 0 Å². The molecule has 0 radical (unpaired) electrons. The Labute approximate surface area is 86.6 Å². The first-order valence-electron chi connectivity index (χ1n) is 3.87. The van der Waals surface area contributed by atoms with Gasteiger partial charge < -0.3 is 4.74 Å². The maximum absolute atomic E-state index is 13.0. The molecular formula is C9H4F4O3. The zero-order valence-corrected chi connectivity index (χ0v) is 7.55. The monoisotopic (exact) mass is 236 g/mol. The van der Waals surface area contributed by atoms with Crippen molar-refractivity contribution in [1.82, 2.24) is 0 Å². The van der Waals surface area contributed by atoms with Crippen molar-refractivity contribution in [3.05, 3.63) is 29.1 Å². The van der Waals surface area contributed by atoms with E-state index >= 15 is 0 Å². The van der Waals surface area contributed by atoms with Gasteiger partial charge in [0.1, 0.15) is 11.6 Å². The zero-order chi connectivity index (χ0) is 12.3. The minimum atomic E-state index is -4.99. The predicted molar refractivity (Wildman–Crippen MR) is 43.9 cm³/mol. The van der Waals surface area contributed by atoms with Gasteiger partial charge in [-0.2, -0.15) is 0 Å².